The summed E-state index contributed by atoms with van der Waals surface area (Å²) in [5.74, 6) is 0. The van der Waals surface area contributed by atoms with Gasteiger partial charge in [-0.25, -0.2) is 0 Å². The topological polar surface area (TPSA) is 35.2 Å². The second-order valence-electron chi connectivity index (χ2n) is 3.48. The summed E-state index contributed by atoms with van der Waals surface area (Å²) in [6, 6.07) is 0.336. The van der Waals surface area contributed by atoms with Crippen LogP contribution in [0.2, 0.25) is 0 Å². The van der Waals surface area contributed by atoms with E-state index in [1.165, 1.54) is 25.7 Å². The molecule has 0 heterocycles. The first-order chi connectivity index (χ1) is 5.83. The molecule has 0 aromatic heterocycles. The lowest BCUT2D eigenvalue weighted by molar-refractivity contribution is 0.193. The molecule has 0 fully saturated rings. The molecule has 0 spiro atoms. The van der Waals surface area contributed by atoms with Gasteiger partial charge in [0.25, 0.3) is 0 Å². The number of hydrogen-bond donors (Lipinski definition) is 1. The molecule has 70 valence electrons. The number of hydrogen-bond acceptors (Lipinski definition) is 2. The molecule has 0 aliphatic heterocycles. The standard InChI is InChI=1S/C10H19NO/c1-12-7-3-2-4-9-5-6-10(11)8-9/h8,10H,2-7,11H2,1H3. The minimum atomic E-state index is 0.336. The number of rotatable bonds is 5. The van der Waals surface area contributed by atoms with Gasteiger partial charge in [0.15, 0.2) is 0 Å². The zero-order valence-electron chi connectivity index (χ0n) is 7.88. The minimum Gasteiger partial charge on any atom is -0.385 e. The van der Waals surface area contributed by atoms with E-state index < -0.39 is 0 Å². The normalized spacial score (nSPS) is 22.8. The van der Waals surface area contributed by atoms with Crippen molar-refractivity contribution in [2.24, 2.45) is 5.73 Å². The molecule has 1 unspecified atom stereocenters. The smallest absolute Gasteiger partial charge is 0.0462 e. The Morgan fingerprint density at radius 2 is 2.42 bits per heavy atom. The van der Waals surface area contributed by atoms with Gasteiger partial charge in [-0.3, -0.25) is 0 Å². The van der Waals surface area contributed by atoms with Crippen LogP contribution in [0.4, 0.5) is 0 Å². The van der Waals surface area contributed by atoms with Crippen LogP contribution in [0, 0.1) is 0 Å². The number of unbranched alkanes of at least 4 members (excludes halogenated alkanes) is 1. The summed E-state index contributed by atoms with van der Waals surface area (Å²) >= 11 is 0. The quantitative estimate of drug-likeness (QED) is 0.503. The molecule has 2 heteroatoms. The largest absolute Gasteiger partial charge is 0.385 e. The van der Waals surface area contributed by atoms with E-state index in [0.717, 1.165) is 13.0 Å². The lowest BCUT2D eigenvalue weighted by Crippen LogP contribution is -2.11. The molecule has 12 heavy (non-hydrogen) atoms. The average Bonchev–Trinajstić information content (AvgIpc) is 2.45. The predicted octanol–water partition coefficient (Wildman–Crippen LogP) is 1.85. The van der Waals surface area contributed by atoms with Gasteiger partial charge < -0.3 is 10.5 Å². The number of methoxy groups -OCH3 is 1. The first-order valence-electron chi connectivity index (χ1n) is 4.77. The maximum absolute atomic E-state index is 5.75. The summed E-state index contributed by atoms with van der Waals surface area (Å²) < 4.78 is 4.98. The predicted molar refractivity (Wildman–Crippen MR) is 51.0 cm³/mol. The van der Waals surface area contributed by atoms with Gasteiger partial charge in [-0.15, -0.1) is 0 Å². The summed E-state index contributed by atoms with van der Waals surface area (Å²) in [5, 5.41) is 0. The summed E-state index contributed by atoms with van der Waals surface area (Å²) in [4.78, 5) is 0. The van der Waals surface area contributed by atoms with Crippen LogP contribution in [0.3, 0.4) is 0 Å². The number of allylic oxidation sites excluding steroid dienone is 1. The third kappa shape index (κ3) is 3.37. The van der Waals surface area contributed by atoms with Gasteiger partial charge >= 0.3 is 0 Å². The Kier molecular flexibility index (Phi) is 4.33. The van der Waals surface area contributed by atoms with Gasteiger partial charge in [-0.1, -0.05) is 11.6 Å². The van der Waals surface area contributed by atoms with E-state index in [9.17, 15) is 0 Å². The van der Waals surface area contributed by atoms with Crippen LogP contribution in [0.15, 0.2) is 11.6 Å². The molecular weight excluding hydrogens is 150 g/mol. The molecule has 2 nitrogen and oxygen atoms in total. The van der Waals surface area contributed by atoms with E-state index in [1.807, 2.05) is 0 Å². The van der Waals surface area contributed by atoms with Gasteiger partial charge in [-0.2, -0.15) is 0 Å². The van der Waals surface area contributed by atoms with Gasteiger partial charge in [-0.05, 0) is 32.1 Å². The van der Waals surface area contributed by atoms with Crippen molar-refractivity contribution < 1.29 is 4.74 Å². The molecule has 0 aromatic carbocycles. The maximum Gasteiger partial charge on any atom is 0.0462 e. The summed E-state index contributed by atoms with van der Waals surface area (Å²) in [5.41, 5.74) is 7.31. The highest BCUT2D eigenvalue weighted by Gasteiger charge is 2.10. The fourth-order valence-electron chi connectivity index (χ4n) is 1.63. The van der Waals surface area contributed by atoms with Gasteiger partial charge in [0.05, 0.1) is 0 Å². The molecule has 0 amide bonds. The molecule has 0 saturated carbocycles. The zero-order chi connectivity index (χ0) is 8.81. The maximum atomic E-state index is 5.75. The van der Waals surface area contributed by atoms with E-state index in [2.05, 4.69) is 6.08 Å². The fourth-order valence-corrected chi connectivity index (χ4v) is 1.63. The van der Waals surface area contributed by atoms with Crippen molar-refractivity contribution in [3.8, 4) is 0 Å². The lowest BCUT2D eigenvalue weighted by Gasteiger charge is -2.00. The van der Waals surface area contributed by atoms with Crippen molar-refractivity contribution in [1.82, 2.24) is 0 Å². The Morgan fingerprint density at radius 1 is 1.58 bits per heavy atom. The van der Waals surface area contributed by atoms with Crippen molar-refractivity contribution in [2.45, 2.75) is 38.1 Å². The molecule has 1 atom stereocenters. The first-order valence-corrected chi connectivity index (χ1v) is 4.77. The van der Waals surface area contributed by atoms with Crippen LogP contribution in [0.25, 0.3) is 0 Å². The Bertz CT molecular complexity index is 154. The van der Waals surface area contributed by atoms with Crippen molar-refractivity contribution in [3.05, 3.63) is 11.6 Å². The van der Waals surface area contributed by atoms with Crippen LogP contribution in [0.5, 0.6) is 0 Å². The fraction of sp³-hybridized carbons (Fsp3) is 0.800. The third-order valence-electron chi connectivity index (χ3n) is 2.34. The molecular formula is C10H19NO. The first kappa shape index (κ1) is 9.75. The van der Waals surface area contributed by atoms with Gasteiger partial charge in [0.1, 0.15) is 0 Å². The minimum absolute atomic E-state index is 0.336. The summed E-state index contributed by atoms with van der Waals surface area (Å²) in [7, 11) is 1.75. The number of ether oxygens (including phenoxy) is 1. The van der Waals surface area contributed by atoms with Gasteiger partial charge in [0, 0.05) is 19.8 Å². The Hall–Kier alpha value is -0.340. The molecule has 0 bridgehead atoms. The Balaban J connectivity index is 2.03. The lowest BCUT2D eigenvalue weighted by atomic mass is 10.1. The van der Waals surface area contributed by atoms with E-state index in [1.54, 1.807) is 12.7 Å². The Labute approximate surface area is 74.8 Å². The van der Waals surface area contributed by atoms with Gasteiger partial charge in [0.2, 0.25) is 0 Å². The molecule has 1 aliphatic rings. The summed E-state index contributed by atoms with van der Waals surface area (Å²) in [6.07, 6.45) is 8.23. The zero-order valence-corrected chi connectivity index (χ0v) is 7.88. The molecule has 1 rings (SSSR count). The van der Waals surface area contributed by atoms with E-state index in [4.69, 9.17) is 10.5 Å². The van der Waals surface area contributed by atoms with Crippen LogP contribution >= 0.6 is 0 Å². The molecule has 0 radical (unpaired) electrons. The van der Waals surface area contributed by atoms with E-state index in [0.29, 0.717) is 6.04 Å². The molecule has 2 N–H and O–H groups in total. The van der Waals surface area contributed by atoms with Crippen molar-refractivity contribution in [2.75, 3.05) is 13.7 Å². The van der Waals surface area contributed by atoms with Crippen LogP contribution in [-0.2, 0) is 4.74 Å². The molecule has 1 aliphatic carbocycles. The number of nitrogens with two attached hydrogens (primary N) is 1. The molecule has 0 aromatic rings. The highest BCUT2D eigenvalue weighted by molar-refractivity contribution is 5.12. The van der Waals surface area contributed by atoms with Crippen molar-refractivity contribution >= 4 is 0 Å². The molecule has 0 saturated heterocycles. The van der Waals surface area contributed by atoms with Crippen LogP contribution in [-0.4, -0.2) is 19.8 Å². The Morgan fingerprint density at radius 3 is 3.00 bits per heavy atom. The third-order valence-corrected chi connectivity index (χ3v) is 2.34. The second-order valence-corrected chi connectivity index (χ2v) is 3.48. The summed E-state index contributed by atoms with van der Waals surface area (Å²) in [6.45, 7) is 0.888. The van der Waals surface area contributed by atoms with Crippen LogP contribution in [0.1, 0.15) is 32.1 Å². The second kappa shape index (κ2) is 5.33. The SMILES string of the molecule is COCCCCC1=CC(N)CC1. The van der Waals surface area contributed by atoms with Crippen LogP contribution < -0.4 is 5.73 Å². The average molecular weight is 169 g/mol. The van der Waals surface area contributed by atoms with Crippen molar-refractivity contribution in [3.63, 3.8) is 0 Å². The monoisotopic (exact) mass is 169 g/mol. The highest BCUT2D eigenvalue weighted by Crippen LogP contribution is 2.21. The highest BCUT2D eigenvalue weighted by atomic mass is 16.5. The van der Waals surface area contributed by atoms with E-state index in [-0.39, 0.29) is 0 Å². The van der Waals surface area contributed by atoms with Crippen molar-refractivity contribution in [1.29, 1.82) is 0 Å². The van der Waals surface area contributed by atoms with E-state index >= 15 is 0 Å².